The van der Waals surface area contributed by atoms with Crippen LogP contribution >= 0.6 is 0 Å². The summed E-state index contributed by atoms with van der Waals surface area (Å²) in [7, 11) is 0. The van der Waals surface area contributed by atoms with Gasteiger partial charge in [-0.2, -0.15) is 0 Å². The first-order valence-electron chi connectivity index (χ1n) is 9.96. The smallest absolute Gasteiger partial charge is 0.237 e. The first-order chi connectivity index (χ1) is 11.9. The predicted octanol–water partition coefficient (Wildman–Crippen LogP) is 1.31. The Kier molecular flexibility index (Phi) is 7.69. The molecule has 0 radical (unpaired) electrons. The quantitative estimate of drug-likeness (QED) is 0.783. The van der Waals surface area contributed by atoms with Crippen molar-refractivity contribution in [3.63, 3.8) is 0 Å². The van der Waals surface area contributed by atoms with Crippen molar-refractivity contribution in [1.82, 2.24) is 20.0 Å². The van der Waals surface area contributed by atoms with Gasteiger partial charge in [-0.05, 0) is 46.5 Å². The van der Waals surface area contributed by atoms with Crippen LogP contribution in [0.1, 0.15) is 53.4 Å². The summed E-state index contributed by atoms with van der Waals surface area (Å²) in [6.07, 6.45) is 4.42. The molecule has 3 atom stereocenters. The van der Waals surface area contributed by atoms with Crippen LogP contribution in [-0.2, 0) is 9.59 Å². The van der Waals surface area contributed by atoms with Crippen molar-refractivity contribution in [2.75, 3.05) is 39.3 Å². The second kappa shape index (κ2) is 9.53. The lowest BCUT2D eigenvalue weighted by atomic mass is 9.97. The first-order valence-corrected chi connectivity index (χ1v) is 9.96. The van der Waals surface area contributed by atoms with Crippen LogP contribution in [0.4, 0.5) is 0 Å². The molecule has 3 unspecified atom stereocenters. The fourth-order valence-corrected chi connectivity index (χ4v) is 3.92. The Hall–Kier alpha value is -1.14. The highest BCUT2D eigenvalue weighted by atomic mass is 16.2. The molecule has 6 heteroatoms. The maximum absolute atomic E-state index is 12.7. The SMILES string of the molecule is CCC(C)NC(=O)CN1CCN(CC(=O)N2C(C)CCCC2C)CC1. The molecule has 2 heterocycles. The highest BCUT2D eigenvalue weighted by molar-refractivity contribution is 5.79. The van der Waals surface area contributed by atoms with Gasteiger partial charge >= 0.3 is 0 Å². The van der Waals surface area contributed by atoms with Crippen molar-refractivity contribution in [3.8, 4) is 0 Å². The van der Waals surface area contributed by atoms with Crippen LogP contribution in [0.15, 0.2) is 0 Å². The van der Waals surface area contributed by atoms with Crippen molar-refractivity contribution >= 4 is 11.8 Å². The number of carbonyl (C=O) groups is 2. The van der Waals surface area contributed by atoms with Gasteiger partial charge in [0.05, 0.1) is 13.1 Å². The molecule has 0 spiro atoms. The topological polar surface area (TPSA) is 55.9 Å². The number of amides is 2. The minimum atomic E-state index is 0.106. The predicted molar refractivity (Wildman–Crippen MR) is 100 cm³/mol. The van der Waals surface area contributed by atoms with Gasteiger partial charge in [0.25, 0.3) is 0 Å². The molecule has 6 nitrogen and oxygen atoms in total. The van der Waals surface area contributed by atoms with Gasteiger partial charge in [0.1, 0.15) is 0 Å². The minimum Gasteiger partial charge on any atom is -0.353 e. The molecule has 144 valence electrons. The summed E-state index contributed by atoms with van der Waals surface area (Å²) >= 11 is 0. The van der Waals surface area contributed by atoms with Gasteiger partial charge in [0.15, 0.2) is 0 Å². The van der Waals surface area contributed by atoms with Crippen molar-refractivity contribution in [3.05, 3.63) is 0 Å². The summed E-state index contributed by atoms with van der Waals surface area (Å²) in [5.41, 5.74) is 0. The Morgan fingerprint density at radius 3 is 2.04 bits per heavy atom. The summed E-state index contributed by atoms with van der Waals surface area (Å²) in [5.74, 6) is 0.373. The molecule has 0 aromatic carbocycles. The Balaban J connectivity index is 1.73. The number of hydrogen-bond acceptors (Lipinski definition) is 4. The maximum Gasteiger partial charge on any atom is 0.237 e. The maximum atomic E-state index is 12.7. The summed E-state index contributed by atoms with van der Waals surface area (Å²) in [6.45, 7) is 12.8. The molecule has 2 amide bonds. The zero-order chi connectivity index (χ0) is 18.4. The molecule has 2 fully saturated rings. The van der Waals surface area contributed by atoms with Crippen molar-refractivity contribution < 1.29 is 9.59 Å². The van der Waals surface area contributed by atoms with E-state index in [1.165, 1.54) is 6.42 Å². The molecular formula is C19H36N4O2. The van der Waals surface area contributed by atoms with E-state index >= 15 is 0 Å². The Morgan fingerprint density at radius 2 is 1.52 bits per heavy atom. The highest BCUT2D eigenvalue weighted by Crippen LogP contribution is 2.22. The lowest BCUT2D eigenvalue weighted by molar-refractivity contribution is -0.139. The fourth-order valence-electron chi connectivity index (χ4n) is 3.92. The number of piperazine rings is 1. The Morgan fingerprint density at radius 1 is 1.00 bits per heavy atom. The van der Waals surface area contributed by atoms with E-state index in [2.05, 4.69) is 40.8 Å². The van der Waals surface area contributed by atoms with Gasteiger partial charge in [0.2, 0.25) is 11.8 Å². The molecule has 0 aliphatic carbocycles. The van der Waals surface area contributed by atoms with E-state index in [4.69, 9.17) is 0 Å². The van der Waals surface area contributed by atoms with Gasteiger partial charge in [-0.3, -0.25) is 19.4 Å². The molecule has 0 bridgehead atoms. The van der Waals surface area contributed by atoms with E-state index in [9.17, 15) is 9.59 Å². The minimum absolute atomic E-state index is 0.106. The van der Waals surface area contributed by atoms with Gasteiger partial charge in [-0.25, -0.2) is 0 Å². The summed E-state index contributed by atoms with van der Waals surface area (Å²) in [4.78, 5) is 31.2. The normalized spacial score (nSPS) is 27.1. The highest BCUT2D eigenvalue weighted by Gasteiger charge is 2.30. The van der Waals surface area contributed by atoms with Gasteiger partial charge in [-0.15, -0.1) is 0 Å². The van der Waals surface area contributed by atoms with Crippen LogP contribution in [0.5, 0.6) is 0 Å². The molecule has 2 aliphatic rings. The average molecular weight is 353 g/mol. The number of likely N-dealkylation sites (tertiary alicyclic amines) is 1. The number of nitrogens with one attached hydrogen (secondary N) is 1. The zero-order valence-electron chi connectivity index (χ0n) is 16.5. The number of hydrogen-bond donors (Lipinski definition) is 1. The molecule has 0 aromatic heterocycles. The fraction of sp³-hybridized carbons (Fsp3) is 0.895. The molecule has 0 saturated carbocycles. The lowest BCUT2D eigenvalue weighted by Crippen LogP contribution is -2.55. The van der Waals surface area contributed by atoms with Crippen LogP contribution in [0.25, 0.3) is 0 Å². The average Bonchev–Trinajstić information content (AvgIpc) is 2.56. The van der Waals surface area contributed by atoms with Gasteiger partial charge in [-0.1, -0.05) is 6.92 Å². The van der Waals surface area contributed by atoms with E-state index in [0.29, 0.717) is 25.2 Å². The molecule has 2 aliphatic heterocycles. The van der Waals surface area contributed by atoms with Crippen molar-refractivity contribution in [2.24, 2.45) is 0 Å². The molecular weight excluding hydrogens is 316 g/mol. The third kappa shape index (κ3) is 5.96. The van der Waals surface area contributed by atoms with E-state index in [1.807, 2.05) is 6.92 Å². The van der Waals surface area contributed by atoms with E-state index < -0.39 is 0 Å². The van der Waals surface area contributed by atoms with Crippen LogP contribution in [0.3, 0.4) is 0 Å². The standard InChI is InChI=1S/C19H36N4O2/c1-5-15(2)20-18(24)13-21-9-11-22(12-10-21)14-19(25)23-16(3)7-6-8-17(23)4/h15-17H,5-14H2,1-4H3,(H,20,24). The number of nitrogens with zero attached hydrogens (tertiary/aromatic N) is 3. The molecule has 2 rings (SSSR count). The van der Waals surface area contributed by atoms with E-state index in [-0.39, 0.29) is 17.9 Å². The zero-order valence-corrected chi connectivity index (χ0v) is 16.5. The molecule has 25 heavy (non-hydrogen) atoms. The summed E-state index contributed by atoms with van der Waals surface area (Å²) in [5, 5.41) is 3.02. The Bertz CT molecular complexity index is 439. The number of piperidine rings is 1. The third-order valence-corrected chi connectivity index (χ3v) is 5.69. The van der Waals surface area contributed by atoms with Crippen LogP contribution in [0.2, 0.25) is 0 Å². The van der Waals surface area contributed by atoms with Crippen LogP contribution < -0.4 is 5.32 Å². The lowest BCUT2D eigenvalue weighted by Gasteiger charge is -2.41. The largest absolute Gasteiger partial charge is 0.353 e. The molecule has 2 saturated heterocycles. The number of carbonyl (C=O) groups excluding carboxylic acids is 2. The second-order valence-electron chi connectivity index (χ2n) is 7.86. The summed E-state index contributed by atoms with van der Waals surface area (Å²) in [6, 6.07) is 0.962. The van der Waals surface area contributed by atoms with E-state index in [0.717, 1.165) is 45.4 Å². The van der Waals surface area contributed by atoms with E-state index in [1.54, 1.807) is 0 Å². The van der Waals surface area contributed by atoms with Gasteiger partial charge in [0, 0.05) is 44.3 Å². The molecule has 1 N–H and O–H groups in total. The van der Waals surface area contributed by atoms with Gasteiger partial charge < -0.3 is 10.2 Å². The second-order valence-corrected chi connectivity index (χ2v) is 7.86. The Labute approximate surface area is 152 Å². The van der Waals surface area contributed by atoms with Crippen molar-refractivity contribution in [1.29, 1.82) is 0 Å². The third-order valence-electron chi connectivity index (χ3n) is 5.69. The summed E-state index contributed by atoms with van der Waals surface area (Å²) < 4.78 is 0. The van der Waals surface area contributed by atoms with Crippen LogP contribution in [0, 0.1) is 0 Å². The van der Waals surface area contributed by atoms with Crippen LogP contribution in [-0.4, -0.2) is 83.9 Å². The first kappa shape index (κ1) is 20.2. The van der Waals surface area contributed by atoms with Crippen molar-refractivity contribution in [2.45, 2.75) is 71.5 Å². The number of rotatable bonds is 6. The molecule has 0 aromatic rings. The monoisotopic (exact) mass is 352 g/mol.